The SMILES string of the molecule is CC(=NNC(=O)CSc1nc2sc3c(c2c(=O)n1-c1ccc(Cl)cc1)CCCC3)c1ccccc1Cl. The number of aryl methyl sites for hydroxylation is 2. The quantitative estimate of drug-likeness (QED) is 0.131. The van der Waals surface area contributed by atoms with Gasteiger partial charge in [-0.15, -0.1) is 11.3 Å². The van der Waals surface area contributed by atoms with Crippen molar-refractivity contribution in [2.24, 2.45) is 5.10 Å². The van der Waals surface area contributed by atoms with Crippen molar-refractivity contribution in [3.05, 3.63) is 84.9 Å². The van der Waals surface area contributed by atoms with Gasteiger partial charge in [0.15, 0.2) is 5.16 Å². The van der Waals surface area contributed by atoms with Crippen LogP contribution in [-0.4, -0.2) is 26.9 Å². The highest BCUT2D eigenvalue weighted by atomic mass is 35.5. The fourth-order valence-electron chi connectivity index (χ4n) is 4.22. The van der Waals surface area contributed by atoms with Crippen LogP contribution in [-0.2, 0) is 17.6 Å². The lowest BCUT2D eigenvalue weighted by Gasteiger charge is -2.13. The van der Waals surface area contributed by atoms with Crippen molar-refractivity contribution in [2.45, 2.75) is 37.8 Å². The Labute approximate surface area is 226 Å². The molecular formula is C26H22Cl2N4O2S2. The molecule has 0 bridgehead atoms. The first-order chi connectivity index (χ1) is 17.4. The van der Waals surface area contributed by atoms with Crippen molar-refractivity contribution in [3.63, 3.8) is 0 Å². The standard InChI is InChI=1S/C26H22Cl2N4O2S2/c1-15(18-6-2-4-8-20(18)28)30-31-22(33)14-35-26-29-24-23(19-7-3-5-9-21(19)36-24)25(34)32(26)17-12-10-16(27)11-13-17/h2,4,6,8,10-13H,3,5,7,9,14H2,1H3,(H,31,33). The van der Waals surface area contributed by atoms with Gasteiger partial charge in [0.1, 0.15) is 4.83 Å². The molecule has 6 nitrogen and oxygen atoms in total. The highest BCUT2D eigenvalue weighted by Gasteiger charge is 2.23. The number of hydrogen-bond acceptors (Lipinski definition) is 6. The van der Waals surface area contributed by atoms with E-state index >= 15 is 0 Å². The number of hydrazone groups is 1. The molecular weight excluding hydrogens is 535 g/mol. The summed E-state index contributed by atoms with van der Waals surface area (Å²) in [6.45, 7) is 1.78. The van der Waals surface area contributed by atoms with Gasteiger partial charge >= 0.3 is 0 Å². The van der Waals surface area contributed by atoms with Gasteiger partial charge < -0.3 is 0 Å². The van der Waals surface area contributed by atoms with Gasteiger partial charge in [-0.3, -0.25) is 14.2 Å². The van der Waals surface area contributed by atoms with Gasteiger partial charge in [-0.05, 0) is 68.5 Å². The van der Waals surface area contributed by atoms with E-state index in [1.54, 1.807) is 53.2 Å². The van der Waals surface area contributed by atoms with Gasteiger partial charge in [0.2, 0.25) is 0 Å². The molecule has 0 fully saturated rings. The Morgan fingerprint density at radius 1 is 1.14 bits per heavy atom. The highest BCUT2D eigenvalue weighted by molar-refractivity contribution is 7.99. The molecule has 0 spiro atoms. The first-order valence-corrected chi connectivity index (χ1v) is 14.0. The normalized spacial score (nSPS) is 13.6. The molecule has 1 N–H and O–H groups in total. The van der Waals surface area contributed by atoms with Crippen molar-refractivity contribution in [2.75, 3.05) is 5.75 Å². The third kappa shape index (κ3) is 5.09. The van der Waals surface area contributed by atoms with Gasteiger partial charge in [-0.2, -0.15) is 5.10 Å². The van der Waals surface area contributed by atoms with Crippen LogP contribution in [0.25, 0.3) is 15.9 Å². The summed E-state index contributed by atoms with van der Waals surface area (Å²) in [6, 6.07) is 14.4. The molecule has 0 aliphatic heterocycles. The summed E-state index contributed by atoms with van der Waals surface area (Å²) in [5, 5.41) is 6.47. The fourth-order valence-corrected chi connectivity index (χ4v) is 6.73. The molecule has 1 amide bonds. The second kappa shape index (κ2) is 10.8. The second-order valence-electron chi connectivity index (χ2n) is 8.40. The van der Waals surface area contributed by atoms with Gasteiger partial charge in [0.05, 0.1) is 22.5 Å². The highest BCUT2D eigenvalue weighted by Crippen LogP contribution is 2.35. The minimum Gasteiger partial charge on any atom is -0.272 e. The minimum absolute atomic E-state index is 0.0376. The lowest BCUT2D eigenvalue weighted by molar-refractivity contribution is -0.118. The lowest BCUT2D eigenvalue weighted by atomic mass is 9.97. The number of thioether (sulfide) groups is 1. The number of thiophene rings is 1. The van der Waals surface area contributed by atoms with Crippen molar-refractivity contribution in [1.82, 2.24) is 15.0 Å². The lowest BCUT2D eigenvalue weighted by Crippen LogP contribution is -2.24. The molecule has 0 radical (unpaired) electrons. The summed E-state index contributed by atoms with van der Waals surface area (Å²) in [4.78, 5) is 33.2. The zero-order valence-corrected chi connectivity index (χ0v) is 22.5. The zero-order valence-electron chi connectivity index (χ0n) is 19.4. The number of hydrogen-bond donors (Lipinski definition) is 1. The van der Waals surface area contributed by atoms with Gasteiger partial charge in [0.25, 0.3) is 11.5 Å². The van der Waals surface area contributed by atoms with E-state index < -0.39 is 0 Å². The molecule has 184 valence electrons. The van der Waals surface area contributed by atoms with Crippen LogP contribution in [0.3, 0.4) is 0 Å². The van der Waals surface area contributed by atoms with Gasteiger partial charge in [-0.1, -0.05) is 53.2 Å². The molecule has 1 aliphatic rings. The number of fused-ring (bicyclic) bond motifs is 3. The number of halogens is 2. The predicted octanol–water partition coefficient (Wildman–Crippen LogP) is 6.27. The smallest absolute Gasteiger partial charge is 0.267 e. The Balaban J connectivity index is 1.45. The van der Waals surface area contributed by atoms with E-state index in [1.165, 1.54) is 16.6 Å². The number of nitrogens with zero attached hydrogens (tertiary/aromatic N) is 3. The Kier molecular flexibility index (Phi) is 7.48. The number of aromatic nitrogens is 2. The molecule has 4 aromatic rings. The molecule has 0 saturated heterocycles. The largest absolute Gasteiger partial charge is 0.272 e. The van der Waals surface area contributed by atoms with E-state index in [4.69, 9.17) is 28.2 Å². The average Bonchev–Trinajstić information content (AvgIpc) is 3.26. The summed E-state index contributed by atoms with van der Waals surface area (Å²) in [7, 11) is 0. The van der Waals surface area contributed by atoms with E-state index in [1.807, 2.05) is 18.2 Å². The number of benzene rings is 2. The van der Waals surface area contributed by atoms with Crippen LogP contribution in [0.4, 0.5) is 0 Å². The van der Waals surface area contributed by atoms with Crippen LogP contribution < -0.4 is 11.0 Å². The summed E-state index contributed by atoms with van der Waals surface area (Å²) in [5.74, 6) is -0.274. The molecule has 36 heavy (non-hydrogen) atoms. The molecule has 10 heteroatoms. The minimum atomic E-state index is -0.311. The molecule has 2 aromatic carbocycles. The monoisotopic (exact) mass is 556 g/mol. The van der Waals surface area contributed by atoms with Crippen molar-refractivity contribution in [1.29, 1.82) is 0 Å². The maximum absolute atomic E-state index is 13.8. The molecule has 5 rings (SSSR count). The van der Waals surface area contributed by atoms with Gasteiger partial charge in [0, 0.05) is 20.5 Å². The van der Waals surface area contributed by atoms with E-state index in [9.17, 15) is 9.59 Å². The van der Waals surface area contributed by atoms with Gasteiger partial charge in [-0.25, -0.2) is 10.4 Å². The summed E-state index contributed by atoms with van der Waals surface area (Å²) in [5.41, 5.74) is 5.59. The molecule has 0 saturated carbocycles. The second-order valence-corrected chi connectivity index (χ2v) is 11.3. The number of carbonyl (C=O) groups excluding carboxylic acids is 1. The zero-order chi connectivity index (χ0) is 25.2. The van der Waals surface area contributed by atoms with E-state index in [0.29, 0.717) is 32.0 Å². The van der Waals surface area contributed by atoms with E-state index in [0.717, 1.165) is 41.6 Å². The third-order valence-corrected chi connectivity index (χ3v) is 8.69. The summed E-state index contributed by atoms with van der Waals surface area (Å²) >= 11 is 15.1. The number of rotatable bonds is 6. The van der Waals surface area contributed by atoms with Crippen LogP contribution in [0, 0.1) is 0 Å². The Morgan fingerprint density at radius 3 is 2.67 bits per heavy atom. The van der Waals surface area contributed by atoms with Crippen LogP contribution in [0.2, 0.25) is 10.0 Å². The van der Waals surface area contributed by atoms with Crippen LogP contribution in [0.15, 0.2) is 63.6 Å². The van der Waals surface area contributed by atoms with Crippen molar-refractivity contribution < 1.29 is 4.79 Å². The molecule has 0 unspecified atom stereocenters. The van der Waals surface area contributed by atoms with Crippen LogP contribution >= 0.6 is 46.3 Å². The maximum Gasteiger partial charge on any atom is 0.267 e. The predicted molar refractivity (Wildman–Crippen MR) is 149 cm³/mol. The number of amides is 1. The van der Waals surface area contributed by atoms with E-state index in [-0.39, 0.29) is 17.2 Å². The van der Waals surface area contributed by atoms with Crippen LogP contribution in [0.5, 0.6) is 0 Å². The third-order valence-electron chi connectivity index (χ3n) is 5.99. The van der Waals surface area contributed by atoms with Crippen molar-refractivity contribution >= 4 is 68.1 Å². The fraction of sp³-hybridized carbons (Fsp3) is 0.231. The topological polar surface area (TPSA) is 76.3 Å². The van der Waals surface area contributed by atoms with E-state index in [2.05, 4.69) is 10.5 Å². The Hall–Kier alpha value is -2.65. The summed E-state index contributed by atoms with van der Waals surface area (Å²) in [6.07, 6.45) is 4.07. The average molecular weight is 558 g/mol. The maximum atomic E-state index is 13.8. The molecule has 2 heterocycles. The molecule has 1 aliphatic carbocycles. The summed E-state index contributed by atoms with van der Waals surface area (Å²) < 4.78 is 1.58. The number of carbonyl (C=O) groups is 1. The first kappa shape index (κ1) is 25.0. The molecule has 0 atom stereocenters. The molecule has 2 aromatic heterocycles. The Morgan fingerprint density at radius 2 is 1.89 bits per heavy atom. The Bertz CT molecular complexity index is 1540. The van der Waals surface area contributed by atoms with Crippen molar-refractivity contribution in [3.8, 4) is 5.69 Å². The number of nitrogens with one attached hydrogen (secondary N) is 1. The first-order valence-electron chi connectivity index (χ1n) is 11.5. The van der Waals surface area contributed by atoms with Crippen LogP contribution in [0.1, 0.15) is 35.8 Å².